The molecule has 0 radical (unpaired) electrons. The predicted molar refractivity (Wildman–Crippen MR) is 111 cm³/mol. The number of benzene rings is 1. The standard InChI is InChI=1S/C20H18N4OS2/c1-9-4-7-13-14(8-9)26-20(22-13)24-18(25)16-10(2)15-11(3)21-17(12-5-6-12)23-19(15)27-16/h4,7-8,12H,5-6H2,1-3H3,(H,22,24,25). The molecule has 1 aliphatic carbocycles. The molecule has 5 rings (SSSR count). The van der Waals surface area contributed by atoms with Crippen LogP contribution >= 0.6 is 22.7 Å². The van der Waals surface area contributed by atoms with Gasteiger partial charge in [0.15, 0.2) is 5.13 Å². The zero-order valence-corrected chi connectivity index (χ0v) is 16.9. The number of aryl methyl sites for hydroxylation is 3. The Morgan fingerprint density at radius 1 is 1.11 bits per heavy atom. The summed E-state index contributed by atoms with van der Waals surface area (Å²) in [4.78, 5) is 28.4. The number of aromatic nitrogens is 3. The number of anilines is 1. The first kappa shape index (κ1) is 16.8. The summed E-state index contributed by atoms with van der Waals surface area (Å²) in [6, 6.07) is 6.11. The van der Waals surface area contributed by atoms with Crippen LogP contribution in [0.15, 0.2) is 18.2 Å². The second-order valence-electron chi connectivity index (χ2n) is 7.12. The smallest absolute Gasteiger partial charge is 0.267 e. The van der Waals surface area contributed by atoms with E-state index in [9.17, 15) is 4.79 Å². The van der Waals surface area contributed by atoms with Crippen molar-refractivity contribution in [2.75, 3.05) is 5.32 Å². The molecule has 3 heterocycles. The van der Waals surface area contributed by atoms with E-state index in [0.29, 0.717) is 15.9 Å². The van der Waals surface area contributed by atoms with Crippen molar-refractivity contribution in [3.05, 3.63) is 45.7 Å². The summed E-state index contributed by atoms with van der Waals surface area (Å²) in [6.45, 7) is 6.03. The summed E-state index contributed by atoms with van der Waals surface area (Å²) in [5, 5.41) is 4.60. The summed E-state index contributed by atoms with van der Waals surface area (Å²) in [7, 11) is 0. The Hall–Kier alpha value is -2.38. The van der Waals surface area contributed by atoms with E-state index in [2.05, 4.69) is 28.3 Å². The number of thiophene rings is 1. The summed E-state index contributed by atoms with van der Waals surface area (Å²) < 4.78 is 1.08. The summed E-state index contributed by atoms with van der Waals surface area (Å²) in [5.74, 6) is 1.30. The predicted octanol–water partition coefficient (Wildman–Crippen LogP) is 5.36. The minimum Gasteiger partial charge on any atom is -0.297 e. The van der Waals surface area contributed by atoms with Crippen LogP contribution in [0, 0.1) is 20.8 Å². The Bertz CT molecular complexity index is 1220. The molecule has 1 amide bonds. The van der Waals surface area contributed by atoms with Crippen LogP contribution in [0.25, 0.3) is 20.4 Å². The van der Waals surface area contributed by atoms with Crippen LogP contribution in [-0.2, 0) is 0 Å². The number of fused-ring (bicyclic) bond motifs is 2. The van der Waals surface area contributed by atoms with Crippen LogP contribution in [0.5, 0.6) is 0 Å². The first-order valence-electron chi connectivity index (χ1n) is 8.96. The zero-order chi connectivity index (χ0) is 18.7. The molecule has 0 aliphatic heterocycles. The Labute approximate surface area is 164 Å². The highest BCUT2D eigenvalue weighted by atomic mass is 32.1. The molecule has 3 aromatic heterocycles. The Kier molecular flexibility index (Phi) is 3.77. The van der Waals surface area contributed by atoms with E-state index in [-0.39, 0.29) is 5.91 Å². The number of nitrogens with one attached hydrogen (secondary N) is 1. The van der Waals surface area contributed by atoms with Crippen LogP contribution in [0.3, 0.4) is 0 Å². The number of hydrogen-bond donors (Lipinski definition) is 1. The minimum atomic E-state index is -0.126. The fourth-order valence-corrected chi connectivity index (χ4v) is 5.43. The molecule has 27 heavy (non-hydrogen) atoms. The maximum atomic E-state index is 12.9. The lowest BCUT2D eigenvalue weighted by Gasteiger charge is -2.02. The number of amides is 1. The molecule has 1 fully saturated rings. The SMILES string of the molecule is Cc1ccc2nc(NC(=O)c3sc4nc(C5CC5)nc(C)c4c3C)sc2c1. The van der Waals surface area contributed by atoms with Crippen LogP contribution in [0.4, 0.5) is 5.13 Å². The van der Waals surface area contributed by atoms with Gasteiger partial charge in [0.05, 0.1) is 20.8 Å². The van der Waals surface area contributed by atoms with Crippen molar-refractivity contribution >= 4 is 54.1 Å². The normalized spacial score (nSPS) is 14.2. The molecule has 0 spiro atoms. The Balaban J connectivity index is 1.50. The molecule has 4 aromatic rings. The second kappa shape index (κ2) is 6.07. The van der Waals surface area contributed by atoms with Gasteiger partial charge in [-0.05, 0) is 56.9 Å². The van der Waals surface area contributed by atoms with Crippen LogP contribution in [-0.4, -0.2) is 20.9 Å². The second-order valence-corrected chi connectivity index (χ2v) is 9.15. The number of thiazole rings is 1. The molecule has 0 atom stereocenters. The van der Waals surface area contributed by atoms with Crippen LogP contribution in [0.2, 0.25) is 0 Å². The minimum absolute atomic E-state index is 0.126. The lowest BCUT2D eigenvalue weighted by Crippen LogP contribution is -2.11. The summed E-state index contributed by atoms with van der Waals surface area (Å²) in [6.07, 6.45) is 2.33. The summed E-state index contributed by atoms with van der Waals surface area (Å²) >= 11 is 2.95. The first-order chi connectivity index (χ1) is 13.0. The van der Waals surface area contributed by atoms with Gasteiger partial charge in [-0.3, -0.25) is 10.1 Å². The number of carbonyl (C=O) groups is 1. The average Bonchev–Trinajstić information content (AvgIpc) is 3.31. The number of nitrogens with zero attached hydrogens (tertiary/aromatic N) is 3. The van der Waals surface area contributed by atoms with Gasteiger partial charge >= 0.3 is 0 Å². The molecule has 7 heteroatoms. The van der Waals surface area contributed by atoms with E-state index in [1.54, 1.807) is 0 Å². The van der Waals surface area contributed by atoms with Gasteiger partial charge in [-0.25, -0.2) is 15.0 Å². The van der Waals surface area contributed by atoms with Crippen molar-refractivity contribution < 1.29 is 4.79 Å². The third-order valence-electron chi connectivity index (χ3n) is 4.90. The lowest BCUT2D eigenvalue weighted by molar-refractivity contribution is 0.103. The number of rotatable bonds is 3. The van der Waals surface area contributed by atoms with Gasteiger partial charge in [0.1, 0.15) is 10.7 Å². The average molecular weight is 395 g/mol. The van der Waals surface area contributed by atoms with Crippen molar-refractivity contribution in [3.8, 4) is 0 Å². The topological polar surface area (TPSA) is 67.8 Å². The van der Waals surface area contributed by atoms with Crippen molar-refractivity contribution in [2.24, 2.45) is 0 Å². The van der Waals surface area contributed by atoms with E-state index in [1.807, 2.05) is 26.0 Å². The number of carbonyl (C=O) groups excluding carboxylic acids is 1. The molecular formula is C20H18N4OS2. The van der Waals surface area contributed by atoms with Gasteiger partial charge in [-0.15, -0.1) is 11.3 Å². The van der Waals surface area contributed by atoms with E-state index in [1.165, 1.54) is 41.1 Å². The molecule has 5 nitrogen and oxygen atoms in total. The molecule has 0 bridgehead atoms. The quantitative estimate of drug-likeness (QED) is 0.508. The fraction of sp³-hybridized carbons (Fsp3) is 0.300. The Morgan fingerprint density at radius 3 is 2.70 bits per heavy atom. The van der Waals surface area contributed by atoms with Gasteiger partial charge in [-0.2, -0.15) is 0 Å². The fourth-order valence-electron chi connectivity index (χ4n) is 3.34. The monoisotopic (exact) mass is 394 g/mol. The molecule has 1 aromatic carbocycles. The van der Waals surface area contributed by atoms with E-state index in [0.717, 1.165) is 37.5 Å². The number of hydrogen-bond acceptors (Lipinski definition) is 6. The van der Waals surface area contributed by atoms with Crippen LogP contribution in [0.1, 0.15) is 51.1 Å². The van der Waals surface area contributed by atoms with Gasteiger partial charge in [-0.1, -0.05) is 17.4 Å². The third-order valence-corrected chi connectivity index (χ3v) is 7.02. The molecular weight excluding hydrogens is 376 g/mol. The van der Waals surface area contributed by atoms with E-state index >= 15 is 0 Å². The van der Waals surface area contributed by atoms with Gasteiger partial charge in [0.25, 0.3) is 5.91 Å². The largest absolute Gasteiger partial charge is 0.297 e. The van der Waals surface area contributed by atoms with Gasteiger partial charge < -0.3 is 0 Å². The van der Waals surface area contributed by atoms with Crippen molar-refractivity contribution in [1.29, 1.82) is 0 Å². The lowest BCUT2D eigenvalue weighted by atomic mass is 10.1. The molecule has 1 aliphatic rings. The highest BCUT2D eigenvalue weighted by Gasteiger charge is 2.28. The Morgan fingerprint density at radius 2 is 1.93 bits per heavy atom. The van der Waals surface area contributed by atoms with Gasteiger partial charge in [0.2, 0.25) is 0 Å². The van der Waals surface area contributed by atoms with Crippen molar-refractivity contribution in [2.45, 2.75) is 39.5 Å². The van der Waals surface area contributed by atoms with Crippen LogP contribution < -0.4 is 5.32 Å². The van der Waals surface area contributed by atoms with Crippen molar-refractivity contribution in [3.63, 3.8) is 0 Å². The molecule has 0 unspecified atom stereocenters. The maximum Gasteiger partial charge on any atom is 0.267 e. The zero-order valence-electron chi connectivity index (χ0n) is 15.3. The van der Waals surface area contributed by atoms with E-state index < -0.39 is 0 Å². The highest BCUT2D eigenvalue weighted by molar-refractivity contribution is 7.23. The summed E-state index contributed by atoms with van der Waals surface area (Å²) in [5.41, 5.74) is 4.00. The molecule has 1 N–H and O–H groups in total. The molecule has 0 saturated heterocycles. The first-order valence-corrected chi connectivity index (χ1v) is 10.6. The molecule has 136 valence electrons. The highest BCUT2D eigenvalue weighted by Crippen LogP contribution is 2.40. The van der Waals surface area contributed by atoms with Crippen molar-refractivity contribution in [1.82, 2.24) is 15.0 Å². The van der Waals surface area contributed by atoms with E-state index in [4.69, 9.17) is 4.98 Å². The third kappa shape index (κ3) is 2.91. The maximum absolute atomic E-state index is 12.9. The molecule has 1 saturated carbocycles. The van der Waals surface area contributed by atoms with Gasteiger partial charge in [0, 0.05) is 11.3 Å².